The van der Waals surface area contributed by atoms with Crippen LogP contribution in [0, 0.1) is 11.8 Å². The van der Waals surface area contributed by atoms with Crippen LogP contribution in [0.3, 0.4) is 0 Å². The second-order valence-electron chi connectivity index (χ2n) is 3.63. The Labute approximate surface area is 77.5 Å². The summed E-state index contributed by atoms with van der Waals surface area (Å²) in [4.78, 5) is 0. The van der Waals surface area contributed by atoms with E-state index in [9.17, 15) is 0 Å². The highest BCUT2D eigenvalue weighted by Gasteiger charge is 2.25. The molecule has 0 radical (unpaired) electrons. The summed E-state index contributed by atoms with van der Waals surface area (Å²) in [5.41, 5.74) is 0. The molecule has 1 aliphatic heterocycles. The zero-order chi connectivity index (χ0) is 9.56. The van der Waals surface area contributed by atoms with Crippen LogP contribution in [-0.2, 0) is 4.74 Å². The molecule has 1 heteroatoms. The molecule has 2 unspecified atom stereocenters. The quantitative estimate of drug-likeness (QED) is 0.619. The molecule has 0 aromatic rings. The van der Waals surface area contributed by atoms with E-state index in [2.05, 4.69) is 20.8 Å². The maximum atomic E-state index is 5.62. The summed E-state index contributed by atoms with van der Waals surface area (Å²) in [6.45, 7) is 11.7. The molecule has 0 spiro atoms. The predicted molar refractivity (Wildman–Crippen MR) is 54.3 cm³/mol. The van der Waals surface area contributed by atoms with Gasteiger partial charge in [0.15, 0.2) is 0 Å². The zero-order valence-electron chi connectivity index (χ0n) is 9.26. The second-order valence-corrected chi connectivity index (χ2v) is 3.63. The molecule has 0 saturated carbocycles. The van der Waals surface area contributed by atoms with Gasteiger partial charge in [-0.3, -0.25) is 0 Å². The van der Waals surface area contributed by atoms with E-state index < -0.39 is 0 Å². The molecule has 0 aliphatic carbocycles. The van der Waals surface area contributed by atoms with Gasteiger partial charge in [-0.15, -0.1) is 0 Å². The Morgan fingerprint density at radius 3 is 2.17 bits per heavy atom. The third-order valence-corrected chi connectivity index (χ3v) is 2.43. The molecular weight excluding hydrogens is 148 g/mol. The van der Waals surface area contributed by atoms with Crippen LogP contribution in [0.25, 0.3) is 0 Å². The van der Waals surface area contributed by atoms with E-state index >= 15 is 0 Å². The molecule has 2 atom stereocenters. The minimum Gasteiger partial charge on any atom is -0.378 e. The Bertz CT molecular complexity index is 99.2. The molecule has 1 saturated heterocycles. The van der Waals surface area contributed by atoms with Crippen LogP contribution in [0.1, 0.15) is 47.5 Å². The van der Waals surface area contributed by atoms with Crippen molar-refractivity contribution in [1.29, 1.82) is 0 Å². The van der Waals surface area contributed by atoms with Crippen LogP contribution in [0.5, 0.6) is 0 Å². The standard InChI is InChI=1S/C9H18O.C2H6/c1-4-8-5-9(7(2)3)10-6-8;1-2/h7-9H,4-6H2,1-3H3;1-2H3. The second kappa shape index (κ2) is 6.47. The number of rotatable bonds is 2. The number of hydrogen-bond acceptors (Lipinski definition) is 1. The molecule has 0 bridgehead atoms. The van der Waals surface area contributed by atoms with Gasteiger partial charge in [-0.1, -0.05) is 41.0 Å². The van der Waals surface area contributed by atoms with Crippen LogP contribution >= 0.6 is 0 Å². The van der Waals surface area contributed by atoms with Crippen molar-refractivity contribution < 1.29 is 4.74 Å². The Balaban J connectivity index is 0.000000561. The van der Waals surface area contributed by atoms with Gasteiger partial charge in [0.2, 0.25) is 0 Å². The molecular formula is C11H24O. The molecule has 0 aromatic carbocycles. The van der Waals surface area contributed by atoms with Crippen LogP contribution < -0.4 is 0 Å². The smallest absolute Gasteiger partial charge is 0.0601 e. The van der Waals surface area contributed by atoms with Gasteiger partial charge in [0.1, 0.15) is 0 Å². The fourth-order valence-corrected chi connectivity index (χ4v) is 1.47. The van der Waals surface area contributed by atoms with E-state index in [1.807, 2.05) is 13.8 Å². The Kier molecular flexibility index (Phi) is 6.45. The summed E-state index contributed by atoms with van der Waals surface area (Å²) in [6, 6.07) is 0. The third kappa shape index (κ3) is 3.57. The highest BCUT2D eigenvalue weighted by molar-refractivity contribution is 4.74. The molecule has 1 heterocycles. The van der Waals surface area contributed by atoms with Gasteiger partial charge in [0, 0.05) is 6.61 Å². The lowest BCUT2D eigenvalue weighted by atomic mass is 9.97. The van der Waals surface area contributed by atoms with E-state index in [4.69, 9.17) is 4.74 Å². The molecule has 1 aliphatic rings. The Morgan fingerprint density at radius 2 is 1.92 bits per heavy atom. The maximum Gasteiger partial charge on any atom is 0.0601 e. The fourth-order valence-electron chi connectivity index (χ4n) is 1.47. The lowest BCUT2D eigenvalue weighted by Gasteiger charge is -2.12. The predicted octanol–water partition coefficient (Wildman–Crippen LogP) is 3.48. The lowest BCUT2D eigenvalue weighted by Crippen LogP contribution is -2.12. The summed E-state index contributed by atoms with van der Waals surface area (Å²) in [6.07, 6.45) is 3.11. The lowest BCUT2D eigenvalue weighted by molar-refractivity contribution is 0.0730. The first-order chi connectivity index (χ1) is 5.74. The topological polar surface area (TPSA) is 9.23 Å². The molecule has 0 N–H and O–H groups in total. The monoisotopic (exact) mass is 172 g/mol. The van der Waals surface area contributed by atoms with Crippen molar-refractivity contribution in [2.75, 3.05) is 6.61 Å². The molecule has 1 fully saturated rings. The first-order valence-electron chi connectivity index (χ1n) is 5.35. The summed E-state index contributed by atoms with van der Waals surface area (Å²) in [5, 5.41) is 0. The Hall–Kier alpha value is -0.0400. The van der Waals surface area contributed by atoms with Crippen molar-refractivity contribution in [3.05, 3.63) is 0 Å². The normalized spacial score (nSPS) is 28.5. The first-order valence-corrected chi connectivity index (χ1v) is 5.35. The van der Waals surface area contributed by atoms with Crippen LogP contribution in [-0.4, -0.2) is 12.7 Å². The van der Waals surface area contributed by atoms with Crippen LogP contribution in [0.15, 0.2) is 0 Å². The Morgan fingerprint density at radius 1 is 1.33 bits per heavy atom. The van der Waals surface area contributed by atoms with E-state index in [1.165, 1.54) is 12.8 Å². The van der Waals surface area contributed by atoms with Gasteiger partial charge in [0.25, 0.3) is 0 Å². The fraction of sp³-hybridized carbons (Fsp3) is 1.00. The van der Waals surface area contributed by atoms with Crippen molar-refractivity contribution in [1.82, 2.24) is 0 Å². The van der Waals surface area contributed by atoms with E-state index in [0.29, 0.717) is 12.0 Å². The molecule has 74 valence electrons. The average Bonchev–Trinajstić information content (AvgIpc) is 2.55. The third-order valence-electron chi connectivity index (χ3n) is 2.43. The highest BCUT2D eigenvalue weighted by Crippen LogP contribution is 2.26. The summed E-state index contributed by atoms with van der Waals surface area (Å²) < 4.78 is 5.62. The number of hydrogen-bond donors (Lipinski definition) is 0. The van der Waals surface area contributed by atoms with Crippen molar-refractivity contribution in [3.8, 4) is 0 Å². The summed E-state index contributed by atoms with van der Waals surface area (Å²) >= 11 is 0. The van der Waals surface area contributed by atoms with Crippen LogP contribution in [0.4, 0.5) is 0 Å². The largest absolute Gasteiger partial charge is 0.378 e. The van der Waals surface area contributed by atoms with E-state index in [-0.39, 0.29) is 0 Å². The van der Waals surface area contributed by atoms with Crippen LogP contribution in [0.2, 0.25) is 0 Å². The minimum absolute atomic E-state index is 0.546. The van der Waals surface area contributed by atoms with Gasteiger partial charge in [-0.25, -0.2) is 0 Å². The molecule has 0 aromatic heterocycles. The van der Waals surface area contributed by atoms with Crippen molar-refractivity contribution >= 4 is 0 Å². The first kappa shape index (κ1) is 12.0. The van der Waals surface area contributed by atoms with Crippen molar-refractivity contribution in [3.63, 3.8) is 0 Å². The summed E-state index contributed by atoms with van der Waals surface area (Å²) in [7, 11) is 0. The zero-order valence-corrected chi connectivity index (χ0v) is 9.26. The molecule has 0 amide bonds. The van der Waals surface area contributed by atoms with Gasteiger partial charge < -0.3 is 4.74 Å². The maximum absolute atomic E-state index is 5.62. The SMILES string of the molecule is CC.CCC1COC(C(C)C)C1. The molecule has 1 nitrogen and oxygen atoms in total. The van der Waals surface area contributed by atoms with Gasteiger partial charge in [-0.2, -0.15) is 0 Å². The summed E-state index contributed by atoms with van der Waals surface area (Å²) in [5.74, 6) is 1.55. The van der Waals surface area contributed by atoms with E-state index in [0.717, 1.165) is 12.5 Å². The van der Waals surface area contributed by atoms with Crippen molar-refractivity contribution in [2.24, 2.45) is 11.8 Å². The van der Waals surface area contributed by atoms with Gasteiger partial charge in [-0.05, 0) is 18.3 Å². The van der Waals surface area contributed by atoms with E-state index in [1.54, 1.807) is 0 Å². The van der Waals surface area contributed by atoms with Gasteiger partial charge in [0.05, 0.1) is 6.10 Å². The van der Waals surface area contributed by atoms with Gasteiger partial charge >= 0.3 is 0 Å². The highest BCUT2D eigenvalue weighted by atomic mass is 16.5. The number of ether oxygens (including phenoxy) is 1. The minimum atomic E-state index is 0.546. The average molecular weight is 172 g/mol. The molecule has 1 rings (SSSR count). The van der Waals surface area contributed by atoms with Crippen molar-refractivity contribution in [2.45, 2.75) is 53.6 Å². The molecule has 12 heavy (non-hydrogen) atoms.